The molecular formula is C30H45N3O5S2. The first-order valence-corrected chi connectivity index (χ1v) is 17.6. The Kier molecular flexibility index (Phi) is 8.07. The van der Waals surface area contributed by atoms with Gasteiger partial charge in [0.2, 0.25) is 20.0 Å². The van der Waals surface area contributed by atoms with E-state index >= 15 is 0 Å². The molecule has 2 aliphatic carbocycles. The van der Waals surface area contributed by atoms with E-state index in [4.69, 9.17) is 4.74 Å². The Bertz CT molecular complexity index is 1460. The Morgan fingerprint density at radius 3 is 2.23 bits per heavy atom. The molecule has 40 heavy (non-hydrogen) atoms. The zero-order valence-electron chi connectivity index (χ0n) is 24.6. The quantitative estimate of drug-likeness (QED) is 0.456. The second kappa shape index (κ2) is 10.8. The highest BCUT2D eigenvalue weighted by atomic mass is 32.2. The van der Waals surface area contributed by atoms with E-state index in [-0.39, 0.29) is 5.41 Å². The number of morpholine rings is 1. The molecule has 3 fully saturated rings. The van der Waals surface area contributed by atoms with Crippen LogP contribution in [-0.4, -0.2) is 57.6 Å². The van der Waals surface area contributed by atoms with Crippen LogP contribution in [0.3, 0.4) is 0 Å². The minimum Gasteiger partial charge on any atom is -0.379 e. The van der Waals surface area contributed by atoms with Gasteiger partial charge in [0, 0.05) is 36.6 Å². The highest BCUT2D eigenvalue weighted by molar-refractivity contribution is 7.89. The number of nitrogens with zero attached hydrogens (tertiary/aromatic N) is 2. The minimum absolute atomic E-state index is 0.212. The summed E-state index contributed by atoms with van der Waals surface area (Å²) in [5, 5.41) is 0. The molecule has 0 spiro atoms. The highest BCUT2D eigenvalue weighted by Gasteiger charge is 2.43. The van der Waals surface area contributed by atoms with Crippen LogP contribution >= 0.6 is 0 Å². The summed E-state index contributed by atoms with van der Waals surface area (Å²) in [6, 6.07) is 7.38. The van der Waals surface area contributed by atoms with Crippen molar-refractivity contribution < 1.29 is 21.6 Å². The molecule has 1 N–H and O–H groups in total. The molecule has 1 aromatic carbocycles. The summed E-state index contributed by atoms with van der Waals surface area (Å²) in [4.78, 5) is 0.653. The summed E-state index contributed by atoms with van der Waals surface area (Å²) in [6.45, 7) is 11.8. The van der Waals surface area contributed by atoms with Gasteiger partial charge in [-0.15, -0.1) is 0 Å². The zero-order valence-corrected chi connectivity index (χ0v) is 26.3. The van der Waals surface area contributed by atoms with Gasteiger partial charge in [-0.05, 0) is 94.0 Å². The van der Waals surface area contributed by atoms with E-state index in [2.05, 4.69) is 16.2 Å². The summed E-state index contributed by atoms with van der Waals surface area (Å²) < 4.78 is 66.5. The van der Waals surface area contributed by atoms with Crippen molar-refractivity contribution in [2.45, 2.75) is 107 Å². The van der Waals surface area contributed by atoms with Gasteiger partial charge in [0.1, 0.15) is 4.90 Å². The largest absolute Gasteiger partial charge is 0.379 e. The normalized spacial score (nSPS) is 21.0. The number of benzene rings is 1. The topological polar surface area (TPSA) is 97.7 Å². The van der Waals surface area contributed by atoms with E-state index in [1.807, 2.05) is 45.9 Å². The van der Waals surface area contributed by atoms with Crippen LogP contribution in [0.2, 0.25) is 0 Å². The average Bonchev–Trinajstić information content (AvgIpc) is 3.57. The SMILES string of the molecule is Cc1c(S(=O)(=O)N2CCOCC2)cc(-c2ccc(S(=O)(=O)NC(C)(C)C)c(C3(C)CC3)c2)n1CC1CCCCC1. The lowest BCUT2D eigenvalue weighted by molar-refractivity contribution is 0.0730. The maximum absolute atomic E-state index is 13.8. The van der Waals surface area contributed by atoms with Gasteiger partial charge in [-0.3, -0.25) is 0 Å². The Labute approximate surface area is 240 Å². The van der Waals surface area contributed by atoms with Crippen LogP contribution in [0.4, 0.5) is 0 Å². The molecule has 0 amide bonds. The van der Waals surface area contributed by atoms with Crippen molar-refractivity contribution in [3.05, 3.63) is 35.5 Å². The fourth-order valence-electron chi connectivity index (χ4n) is 6.22. The average molecular weight is 592 g/mol. The van der Waals surface area contributed by atoms with Crippen LogP contribution < -0.4 is 4.72 Å². The predicted octanol–water partition coefficient (Wildman–Crippen LogP) is 5.19. The van der Waals surface area contributed by atoms with Gasteiger partial charge < -0.3 is 9.30 Å². The van der Waals surface area contributed by atoms with E-state index < -0.39 is 25.6 Å². The summed E-state index contributed by atoms with van der Waals surface area (Å²) in [5.41, 5.74) is 2.44. The van der Waals surface area contributed by atoms with E-state index in [0.717, 1.165) is 54.7 Å². The summed E-state index contributed by atoms with van der Waals surface area (Å²) in [6.07, 6.45) is 7.79. The lowest BCUT2D eigenvalue weighted by atomic mass is 9.89. The van der Waals surface area contributed by atoms with Crippen molar-refractivity contribution in [3.8, 4) is 11.3 Å². The molecule has 1 saturated heterocycles. The van der Waals surface area contributed by atoms with Gasteiger partial charge in [0.15, 0.2) is 0 Å². The predicted molar refractivity (Wildman–Crippen MR) is 157 cm³/mol. The molecule has 1 aromatic heterocycles. The van der Waals surface area contributed by atoms with Gasteiger partial charge in [0.25, 0.3) is 0 Å². The Morgan fingerprint density at radius 1 is 0.975 bits per heavy atom. The molecule has 222 valence electrons. The van der Waals surface area contributed by atoms with Gasteiger partial charge in [-0.1, -0.05) is 32.3 Å². The number of aromatic nitrogens is 1. The van der Waals surface area contributed by atoms with Crippen LogP contribution in [0, 0.1) is 12.8 Å². The molecule has 0 unspecified atom stereocenters. The van der Waals surface area contributed by atoms with E-state index in [9.17, 15) is 16.8 Å². The molecule has 2 aromatic rings. The number of sulfonamides is 2. The van der Waals surface area contributed by atoms with E-state index in [1.165, 1.54) is 23.6 Å². The lowest BCUT2D eigenvalue weighted by Crippen LogP contribution is -2.41. The van der Waals surface area contributed by atoms with Crippen molar-refractivity contribution in [1.29, 1.82) is 0 Å². The Morgan fingerprint density at radius 2 is 1.62 bits per heavy atom. The standard InChI is InChI=1S/C30H45N3O5S2/c1-22-28(40(36,37)32-15-17-38-18-16-32)20-26(33(22)21-23-9-7-6-8-10-23)24-11-12-27(25(19-24)30(5)13-14-30)39(34,35)31-29(2,3)4/h11-12,19-20,23,31H,6-10,13-18,21H2,1-5H3. The summed E-state index contributed by atoms with van der Waals surface area (Å²) >= 11 is 0. The maximum atomic E-state index is 13.8. The van der Waals surface area contributed by atoms with Gasteiger partial charge >= 0.3 is 0 Å². The first kappa shape index (κ1) is 29.8. The smallest absolute Gasteiger partial charge is 0.245 e. The van der Waals surface area contributed by atoms with Gasteiger partial charge in [0.05, 0.1) is 18.1 Å². The number of hydrogen-bond donors (Lipinski definition) is 1. The van der Waals surface area contributed by atoms with Crippen molar-refractivity contribution >= 4 is 20.0 Å². The van der Waals surface area contributed by atoms with Gasteiger partial charge in [-0.2, -0.15) is 4.31 Å². The first-order chi connectivity index (χ1) is 18.7. The molecule has 2 heterocycles. The third kappa shape index (κ3) is 6.07. The summed E-state index contributed by atoms with van der Waals surface area (Å²) in [7, 11) is -7.43. The third-order valence-electron chi connectivity index (χ3n) is 8.73. The van der Waals surface area contributed by atoms with Gasteiger partial charge in [-0.25, -0.2) is 21.6 Å². The van der Waals surface area contributed by atoms with Crippen LogP contribution in [-0.2, 0) is 36.7 Å². The highest BCUT2D eigenvalue weighted by Crippen LogP contribution is 2.50. The number of rotatable bonds is 8. The fraction of sp³-hybridized carbons (Fsp3) is 0.667. The Hall–Kier alpha value is -1.72. The fourth-order valence-corrected chi connectivity index (χ4v) is 9.63. The second-order valence-corrected chi connectivity index (χ2v) is 16.8. The molecule has 8 nitrogen and oxygen atoms in total. The van der Waals surface area contributed by atoms with Crippen LogP contribution in [0.1, 0.15) is 83.9 Å². The summed E-state index contributed by atoms with van der Waals surface area (Å²) in [5.74, 6) is 0.494. The first-order valence-electron chi connectivity index (χ1n) is 14.7. The molecule has 5 rings (SSSR count). The third-order valence-corrected chi connectivity index (χ3v) is 12.6. The number of nitrogens with one attached hydrogen (secondary N) is 1. The molecule has 0 radical (unpaired) electrons. The number of ether oxygens (including phenoxy) is 1. The van der Waals surface area contributed by atoms with E-state index in [1.54, 1.807) is 6.07 Å². The molecular weight excluding hydrogens is 546 g/mol. The van der Waals surface area contributed by atoms with E-state index in [0.29, 0.717) is 42.0 Å². The van der Waals surface area contributed by atoms with Crippen LogP contribution in [0.15, 0.2) is 34.1 Å². The molecule has 10 heteroatoms. The van der Waals surface area contributed by atoms with Crippen molar-refractivity contribution in [3.63, 3.8) is 0 Å². The van der Waals surface area contributed by atoms with Crippen molar-refractivity contribution in [1.82, 2.24) is 13.6 Å². The second-order valence-electron chi connectivity index (χ2n) is 13.2. The monoisotopic (exact) mass is 591 g/mol. The maximum Gasteiger partial charge on any atom is 0.245 e. The molecule has 1 aliphatic heterocycles. The molecule has 0 atom stereocenters. The zero-order chi connectivity index (χ0) is 28.9. The number of hydrogen-bond acceptors (Lipinski definition) is 5. The minimum atomic E-state index is -3.74. The molecule has 3 aliphatic rings. The van der Waals surface area contributed by atoms with Crippen molar-refractivity contribution in [2.24, 2.45) is 5.92 Å². The molecule has 0 bridgehead atoms. The molecule has 2 saturated carbocycles. The Balaban J connectivity index is 1.63. The van der Waals surface area contributed by atoms with Crippen LogP contribution in [0.5, 0.6) is 0 Å². The van der Waals surface area contributed by atoms with Crippen LogP contribution in [0.25, 0.3) is 11.3 Å². The van der Waals surface area contributed by atoms with Crippen molar-refractivity contribution in [2.75, 3.05) is 26.3 Å². The lowest BCUT2D eigenvalue weighted by Gasteiger charge is -2.26.